The lowest BCUT2D eigenvalue weighted by Gasteiger charge is -2.18. The molecule has 1 atom stereocenters. The van der Waals surface area contributed by atoms with E-state index in [0.29, 0.717) is 12.1 Å². The van der Waals surface area contributed by atoms with Crippen LogP contribution in [-0.2, 0) is 16.0 Å². The van der Waals surface area contributed by atoms with Gasteiger partial charge in [0.15, 0.2) is 0 Å². The van der Waals surface area contributed by atoms with Crippen molar-refractivity contribution in [1.29, 1.82) is 0 Å². The van der Waals surface area contributed by atoms with Crippen LogP contribution in [0.4, 0.5) is 5.69 Å². The normalized spacial score (nSPS) is 21.3. The van der Waals surface area contributed by atoms with Gasteiger partial charge in [-0.25, -0.2) is 0 Å². The van der Waals surface area contributed by atoms with E-state index < -0.39 is 0 Å². The number of aliphatic hydroxyl groups is 1. The molecule has 1 aromatic heterocycles. The number of nitrogens with zero attached hydrogens (tertiary/aromatic N) is 1. The molecule has 0 bridgehead atoms. The van der Waals surface area contributed by atoms with Crippen LogP contribution in [-0.4, -0.2) is 34.3 Å². The third-order valence-electron chi connectivity index (χ3n) is 3.21. The van der Waals surface area contributed by atoms with E-state index in [4.69, 9.17) is 9.84 Å². The zero-order chi connectivity index (χ0) is 13.9. The molecule has 1 amide bonds. The molecule has 1 fully saturated rings. The van der Waals surface area contributed by atoms with Gasteiger partial charge in [-0.15, -0.1) is 0 Å². The van der Waals surface area contributed by atoms with Crippen LogP contribution in [0.15, 0.2) is 18.3 Å². The Labute approximate surface area is 113 Å². The van der Waals surface area contributed by atoms with Crippen LogP contribution < -0.4 is 5.32 Å². The van der Waals surface area contributed by atoms with Crippen molar-refractivity contribution in [1.82, 2.24) is 4.98 Å². The number of pyridine rings is 1. The van der Waals surface area contributed by atoms with Crippen LogP contribution in [0, 0.1) is 0 Å². The van der Waals surface area contributed by atoms with Gasteiger partial charge in [0.2, 0.25) is 0 Å². The number of aromatic nitrogens is 1. The van der Waals surface area contributed by atoms with Crippen molar-refractivity contribution in [2.24, 2.45) is 0 Å². The van der Waals surface area contributed by atoms with Gasteiger partial charge in [-0.3, -0.25) is 9.78 Å². The summed E-state index contributed by atoms with van der Waals surface area (Å²) in [5.41, 5.74) is 1.23. The SMILES string of the molecule is CC1(C)CCC(C(=O)Nc2ccnc(CCO)c2)O1. The van der Waals surface area contributed by atoms with Gasteiger partial charge in [0.1, 0.15) is 6.10 Å². The lowest BCUT2D eigenvalue weighted by Crippen LogP contribution is -2.30. The quantitative estimate of drug-likeness (QED) is 0.864. The summed E-state index contributed by atoms with van der Waals surface area (Å²) in [5.74, 6) is -0.119. The summed E-state index contributed by atoms with van der Waals surface area (Å²) in [5, 5.41) is 11.7. The molecule has 1 aliphatic rings. The van der Waals surface area contributed by atoms with E-state index in [1.807, 2.05) is 13.8 Å². The summed E-state index contributed by atoms with van der Waals surface area (Å²) < 4.78 is 5.69. The molecule has 19 heavy (non-hydrogen) atoms. The summed E-state index contributed by atoms with van der Waals surface area (Å²) in [4.78, 5) is 16.2. The number of ether oxygens (including phenoxy) is 1. The first-order valence-electron chi connectivity index (χ1n) is 6.55. The molecule has 1 saturated heterocycles. The Bertz CT molecular complexity index is 460. The lowest BCUT2D eigenvalue weighted by molar-refractivity contribution is -0.129. The van der Waals surface area contributed by atoms with Crippen molar-refractivity contribution < 1.29 is 14.6 Å². The second-order valence-electron chi connectivity index (χ2n) is 5.40. The molecular formula is C14H20N2O3. The molecule has 5 heteroatoms. The zero-order valence-corrected chi connectivity index (χ0v) is 11.3. The highest BCUT2D eigenvalue weighted by molar-refractivity contribution is 5.94. The van der Waals surface area contributed by atoms with Crippen molar-refractivity contribution >= 4 is 11.6 Å². The molecule has 0 radical (unpaired) electrons. The van der Waals surface area contributed by atoms with E-state index in [1.165, 1.54) is 0 Å². The molecule has 2 N–H and O–H groups in total. The number of nitrogens with one attached hydrogen (secondary N) is 1. The van der Waals surface area contributed by atoms with Gasteiger partial charge in [0.05, 0.1) is 5.60 Å². The summed E-state index contributed by atoms with van der Waals surface area (Å²) in [6, 6.07) is 3.51. The number of amides is 1. The minimum atomic E-state index is -0.385. The number of anilines is 1. The molecule has 2 heterocycles. The maximum absolute atomic E-state index is 12.1. The lowest BCUT2D eigenvalue weighted by atomic mass is 10.1. The van der Waals surface area contributed by atoms with Crippen molar-refractivity contribution in [2.75, 3.05) is 11.9 Å². The number of carbonyl (C=O) groups is 1. The Morgan fingerprint density at radius 1 is 1.63 bits per heavy atom. The second-order valence-corrected chi connectivity index (χ2v) is 5.40. The third kappa shape index (κ3) is 3.75. The summed E-state index contributed by atoms with van der Waals surface area (Å²) >= 11 is 0. The Balaban J connectivity index is 1.97. The summed E-state index contributed by atoms with van der Waals surface area (Å²) in [6.45, 7) is 4.03. The van der Waals surface area contributed by atoms with Crippen LogP contribution in [0.3, 0.4) is 0 Å². The van der Waals surface area contributed by atoms with E-state index >= 15 is 0 Å². The van der Waals surface area contributed by atoms with Crippen LogP contribution >= 0.6 is 0 Å². The smallest absolute Gasteiger partial charge is 0.253 e. The average molecular weight is 264 g/mol. The fourth-order valence-electron chi connectivity index (χ4n) is 2.20. The Morgan fingerprint density at radius 3 is 3.05 bits per heavy atom. The first-order chi connectivity index (χ1) is 9.00. The minimum absolute atomic E-state index is 0.0460. The van der Waals surface area contributed by atoms with Crippen LogP contribution in [0.25, 0.3) is 0 Å². The van der Waals surface area contributed by atoms with E-state index in [1.54, 1.807) is 18.3 Å². The molecule has 0 saturated carbocycles. The van der Waals surface area contributed by atoms with Crippen LogP contribution in [0.2, 0.25) is 0 Å². The predicted molar refractivity (Wildman–Crippen MR) is 71.8 cm³/mol. The second kappa shape index (κ2) is 5.67. The highest BCUT2D eigenvalue weighted by Crippen LogP contribution is 2.29. The Kier molecular flexibility index (Phi) is 4.17. The minimum Gasteiger partial charge on any atom is -0.396 e. The molecule has 104 valence electrons. The first-order valence-corrected chi connectivity index (χ1v) is 6.55. The summed E-state index contributed by atoms with van der Waals surface area (Å²) in [7, 11) is 0. The van der Waals surface area contributed by atoms with Gasteiger partial charge in [-0.05, 0) is 38.8 Å². The van der Waals surface area contributed by atoms with Crippen molar-refractivity contribution in [3.05, 3.63) is 24.0 Å². The third-order valence-corrected chi connectivity index (χ3v) is 3.21. The zero-order valence-electron chi connectivity index (χ0n) is 11.3. The van der Waals surface area contributed by atoms with E-state index in [0.717, 1.165) is 18.5 Å². The summed E-state index contributed by atoms with van der Waals surface area (Å²) in [6.07, 6.45) is 3.35. The largest absolute Gasteiger partial charge is 0.396 e. The molecule has 1 unspecified atom stereocenters. The van der Waals surface area contributed by atoms with Gasteiger partial charge in [0, 0.05) is 30.6 Å². The van der Waals surface area contributed by atoms with E-state index in [9.17, 15) is 4.79 Å². The van der Waals surface area contributed by atoms with Crippen molar-refractivity contribution in [2.45, 2.75) is 44.8 Å². The van der Waals surface area contributed by atoms with E-state index in [-0.39, 0.29) is 24.2 Å². The average Bonchev–Trinajstić information content (AvgIpc) is 2.71. The highest BCUT2D eigenvalue weighted by atomic mass is 16.5. The molecule has 0 aromatic carbocycles. The van der Waals surface area contributed by atoms with Gasteiger partial charge < -0.3 is 15.2 Å². The van der Waals surface area contributed by atoms with Crippen LogP contribution in [0.5, 0.6) is 0 Å². The highest BCUT2D eigenvalue weighted by Gasteiger charge is 2.35. The maximum atomic E-state index is 12.1. The Hall–Kier alpha value is -1.46. The van der Waals surface area contributed by atoms with Gasteiger partial charge in [-0.1, -0.05) is 0 Å². The molecular weight excluding hydrogens is 244 g/mol. The number of carbonyl (C=O) groups excluding carboxylic acids is 1. The Morgan fingerprint density at radius 2 is 2.42 bits per heavy atom. The number of hydrogen-bond acceptors (Lipinski definition) is 4. The monoisotopic (exact) mass is 264 g/mol. The predicted octanol–water partition coefficient (Wildman–Crippen LogP) is 1.51. The topological polar surface area (TPSA) is 71.5 Å². The van der Waals surface area contributed by atoms with Crippen LogP contribution in [0.1, 0.15) is 32.4 Å². The molecule has 1 aromatic rings. The number of hydrogen-bond donors (Lipinski definition) is 2. The first kappa shape index (κ1) is 14.0. The standard InChI is InChI=1S/C14H20N2O3/c1-14(2)6-3-12(19-14)13(18)16-11-4-7-15-10(9-11)5-8-17/h4,7,9,12,17H,3,5-6,8H2,1-2H3,(H,15,16,18). The fraction of sp³-hybridized carbons (Fsp3) is 0.571. The van der Waals surface area contributed by atoms with E-state index in [2.05, 4.69) is 10.3 Å². The maximum Gasteiger partial charge on any atom is 0.253 e. The number of rotatable bonds is 4. The molecule has 5 nitrogen and oxygen atoms in total. The fourth-order valence-corrected chi connectivity index (χ4v) is 2.20. The molecule has 1 aliphatic heterocycles. The van der Waals surface area contributed by atoms with Crippen molar-refractivity contribution in [3.8, 4) is 0 Å². The number of aliphatic hydroxyl groups excluding tert-OH is 1. The molecule has 2 rings (SSSR count). The van der Waals surface area contributed by atoms with Gasteiger partial charge in [0.25, 0.3) is 5.91 Å². The van der Waals surface area contributed by atoms with Crippen molar-refractivity contribution in [3.63, 3.8) is 0 Å². The van der Waals surface area contributed by atoms with Gasteiger partial charge in [-0.2, -0.15) is 0 Å². The molecule has 0 aliphatic carbocycles. The van der Waals surface area contributed by atoms with Gasteiger partial charge >= 0.3 is 0 Å². The molecule has 0 spiro atoms.